The van der Waals surface area contributed by atoms with Gasteiger partial charge in [-0.2, -0.15) is 4.31 Å². The number of benzene rings is 1. The van der Waals surface area contributed by atoms with E-state index in [1.54, 1.807) is 0 Å². The minimum Gasteiger partial charge on any atom is -0.469 e. The quantitative estimate of drug-likeness (QED) is 0.733. The minimum absolute atomic E-state index is 0.00548. The zero-order chi connectivity index (χ0) is 19.5. The summed E-state index contributed by atoms with van der Waals surface area (Å²) in [6.45, 7) is -0.158. The van der Waals surface area contributed by atoms with Crippen LogP contribution in [-0.2, 0) is 24.3 Å². The number of methoxy groups -OCH3 is 1. The molecule has 1 saturated heterocycles. The van der Waals surface area contributed by atoms with Gasteiger partial charge in [-0.3, -0.25) is 9.59 Å². The van der Waals surface area contributed by atoms with Crippen LogP contribution in [0.15, 0.2) is 29.2 Å². The number of carbonyl (C=O) groups excluding carboxylic acids is 2. The number of hydrogen-bond donors (Lipinski definition) is 1. The molecule has 8 nitrogen and oxygen atoms in total. The van der Waals surface area contributed by atoms with Gasteiger partial charge in [0.25, 0.3) is 0 Å². The smallest absolute Gasteiger partial charge is 0.469 e. The first-order chi connectivity index (χ1) is 12.0. The number of nitrogens with one attached hydrogen (secondary N) is 1. The summed E-state index contributed by atoms with van der Waals surface area (Å²) in [5, 5.41) is 2.43. The van der Waals surface area contributed by atoms with Gasteiger partial charge < -0.3 is 14.8 Å². The van der Waals surface area contributed by atoms with Gasteiger partial charge >= 0.3 is 12.3 Å². The lowest BCUT2D eigenvalue weighted by atomic mass is 10.1. The molecule has 1 aliphatic rings. The van der Waals surface area contributed by atoms with E-state index in [2.05, 4.69) is 14.8 Å². The van der Waals surface area contributed by atoms with Gasteiger partial charge in [-0.1, -0.05) is 6.07 Å². The van der Waals surface area contributed by atoms with Crippen molar-refractivity contribution in [1.82, 2.24) is 9.62 Å². The number of sulfonamides is 1. The Kier molecular flexibility index (Phi) is 5.76. The second-order valence-corrected chi connectivity index (χ2v) is 7.12. The first-order valence-electron chi connectivity index (χ1n) is 7.27. The van der Waals surface area contributed by atoms with Crippen LogP contribution in [0.5, 0.6) is 5.75 Å². The second kappa shape index (κ2) is 7.50. The van der Waals surface area contributed by atoms with E-state index in [1.807, 2.05) is 0 Å². The number of nitrogens with zero attached hydrogens (tertiary/aromatic N) is 1. The van der Waals surface area contributed by atoms with Gasteiger partial charge in [0.05, 0.1) is 18.4 Å². The Bertz CT molecular complexity index is 796. The number of piperazine rings is 1. The number of rotatable bonds is 5. The van der Waals surface area contributed by atoms with E-state index < -0.39 is 51.4 Å². The lowest BCUT2D eigenvalue weighted by Gasteiger charge is -2.33. The van der Waals surface area contributed by atoms with Crippen LogP contribution in [0.3, 0.4) is 0 Å². The van der Waals surface area contributed by atoms with Crippen molar-refractivity contribution in [2.24, 2.45) is 0 Å². The van der Waals surface area contributed by atoms with Gasteiger partial charge in [0.1, 0.15) is 11.8 Å². The summed E-state index contributed by atoms with van der Waals surface area (Å²) >= 11 is 0. The highest BCUT2D eigenvalue weighted by Gasteiger charge is 2.40. The summed E-state index contributed by atoms with van der Waals surface area (Å²) in [6, 6.07) is 2.42. The Morgan fingerprint density at radius 1 is 1.38 bits per heavy atom. The molecule has 0 aliphatic carbocycles. The standard InChI is InChI=1S/C14H15F3N2O6S/c1-24-12(20)8-11-13(21)18-5-6-19(11)26(22,23)10-4-2-3-9(7-10)25-14(15,16)17/h2-4,7,11H,5-6,8H2,1H3,(H,18,21)/t11-/m0/s1. The normalized spacial score (nSPS) is 18.9. The monoisotopic (exact) mass is 396 g/mol. The molecular weight excluding hydrogens is 381 g/mol. The van der Waals surface area contributed by atoms with E-state index >= 15 is 0 Å². The number of amides is 1. The summed E-state index contributed by atoms with van der Waals surface area (Å²) in [7, 11) is -3.28. The van der Waals surface area contributed by atoms with Crippen LogP contribution in [0, 0.1) is 0 Å². The summed E-state index contributed by atoms with van der Waals surface area (Å²) in [5.74, 6) is -2.22. The number of carbonyl (C=O) groups is 2. The van der Waals surface area contributed by atoms with Crippen LogP contribution in [0.4, 0.5) is 13.2 Å². The largest absolute Gasteiger partial charge is 0.573 e. The number of esters is 1. The van der Waals surface area contributed by atoms with Gasteiger partial charge in [0.15, 0.2) is 0 Å². The summed E-state index contributed by atoms with van der Waals surface area (Å²) in [4.78, 5) is 23.0. The Labute approximate surface area is 146 Å². The molecule has 0 unspecified atom stereocenters. The molecule has 1 heterocycles. The van der Waals surface area contributed by atoms with E-state index in [-0.39, 0.29) is 13.1 Å². The van der Waals surface area contributed by atoms with Crippen molar-refractivity contribution in [3.8, 4) is 5.75 Å². The van der Waals surface area contributed by atoms with Crippen molar-refractivity contribution in [3.63, 3.8) is 0 Å². The van der Waals surface area contributed by atoms with Crippen LogP contribution < -0.4 is 10.1 Å². The van der Waals surface area contributed by atoms with Crippen LogP contribution in [0.2, 0.25) is 0 Å². The molecule has 0 spiro atoms. The molecule has 1 aromatic carbocycles. The molecule has 0 aromatic heterocycles. The molecule has 12 heteroatoms. The number of halogens is 3. The minimum atomic E-state index is -4.99. The van der Waals surface area contributed by atoms with E-state index in [1.165, 1.54) is 0 Å². The molecule has 1 atom stereocenters. The molecule has 1 aromatic rings. The molecule has 0 saturated carbocycles. The SMILES string of the molecule is COC(=O)C[C@H]1C(=O)NCCN1S(=O)(=O)c1cccc(OC(F)(F)F)c1. The maximum atomic E-state index is 12.8. The zero-order valence-corrected chi connectivity index (χ0v) is 14.3. The molecule has 0 bridgehead atoms. The molecule has 2 rings (SSSR count). The Morgan fingerprint density at radius 3 is 2.69 bits per heavy atom. The molecular formula is C14H15F3N2O6S. The fourth-order valence-electron chi connectivity index (χ4n) is 2.38. The maximum absolute atomic E-state index is 12.8. The number of ether oxygens (including phenoxy) is 2. The Balaban J connectivity index is 2.36. The van der Waals surface area contributed by atoms with Crippen molar-refractivity contribution in [1.29, 1.82) is 0 Å². The second-order valence-electron chi connectivity index (χ2n) is 5.23. The fourth-order valence-corrected chi connectivity index (χ4v) is 4.01. The van der Waals surface area contributed by atoms with Gasteiger partial charge in [-0.15, -0.1) is 13.2 Å². The molecule has 144 valence electrons. The molecule has 26 heavy (non-hydrogen) atoms. The van der Waals surface area contributed by atoms with Crippen molar-refractivity contribution < 1.29 is 40.7 Å². The fraction of sp³-hybridized carbons (Fsp3) is 0.429. The van der Waals surface area contributed by atoms with Crippen molar-refractivity contribution in [2.45, 2.75) is 23.7 Å². The van der Waals surface area contributed by atoms with Gasteiger partial charge in [0.2, 0.25) is 15.9 Å². The van der Waals surface area contributed by atoms with Crippen molar-refractivity contribution >= 4 is 21.9 Å². The van der Waals surface area contributed by atoms with E-state index in [9.17, 15) is 31.2 Å². The van der Waals surface area contributed by atoms with E-state index in [0.717, 1.165) is 29.6 Å². The summed E-state index contributed by atoms with van der Waals surface area (Å²) in [5.41, 5.74) is 0. The van der Waals surface area contributed by atoms with Crippen LogP contribution in [0.1, 0.15) is 6.42 Å². The third-order valence-corrected chi connectivity index (χ3v) is 5.42. The van der Waals surface area contributed by atoms with Crippen molar-refractivity contribution in [2.75, 3.05) is 20.2 Å². The third-order valence-electron chi connectivity index (χ3n) is 3.52. The predicted octanol–water partition coefficient (Wildman–Crippen LogP) is 0.637. The van der Waals surface area contributed by atoms with E-state index in [0.29, 0.717) is 6.07 Å². The van der Waals surface area contributed by atoms with Gasteiger partial charge in [0, 0.05) is 19.2 Å². The highest BCUT2D eigenvalue weighted by molar-refractivity contribution is 7.89. The van der Waals surface area contributed by atoms with Gasteiger partial charge in [-0.05, 0) is 12.1 Å². The van der Waals surface area contributed by atoms with Crippen LogP contribution >= 0.6 is 0 Å². The van der Waals surface area contributed by atoms with Crippen LogP contribution in [-0.4, -0.2) is 57.2 Å². The summed E-state index contributed by atoms with van der Waals surface area (Å²) < 4.78 is 71.5. The van der Waals surface area contributed by atoms with E-state index in [4.69, 9.17) is 0 Å². The van der Waals surface area contributed by atoms with Crippen molar-refractivity contribution in [3.05, 3.63) is 24.3 Å². The highest BCUT2D eigenvalue weighted by Crippen LogP contribution is 2.28. The summed E-state index contributed by atoms with van der Waals surface area (Å²) in [6.07, 6.45) is -5.51. The average molecular weight is 396 g/mol. The van der Waals surface area contributed by atoms with Crippen LogP contribution in [0.25, 0.3) is 0 Å². The van der Waals surface area contributed by atoms with Gasteiger partial charge in [-0.25, -0.2) is 8.42 Å². The first kappa shape index (κ1) is 20.0. The lowest BCUT2D eigenvalue weighted by Crippen LogP contribution is -2.57. The molecule has 1 N–H and O–H groups in total. The molecule has 1 amide bonds. The topological polar surface area (TPSA) is 102 Å². The Morgan fingerprint density at radius 2 is 2.08 bits per heavy atom. The molecule has 1 aliphatic heterocycles. The number of hydrogen-bond acceptors (Lipinski definition) is 6. The highest BCUT2D eigenvalue weighted by atomic mass is 32.2. The zero-order valence-electron chi connectivity index (χ0n) is 13.4. The lowest BCUT2D eigenvalue weighted by molar-refractivity contribution is -0.274. The first-order valence-corrected chi connectivity index (χ1v) is 8.71. The Hall–Kier alpha value is -2.34. The average Bonchev–Trinajstić information content (AvgIpc) is 2.55. The third kappa shape index (κ3) is 4.64. The molecule has 0 radical (unpaired) electrons. The molecule has 1 fully saturated rings. The predicted molar refractivity (Wildman–Crippen MR) is 80.4 cm³/mol. The maximum Gasteiger partial charge on any atom is 0.573 e. The number of alkyl halides is 3.